The maximum atomic E-state index is 12.8. The standard InChI is InChI=1S/C17H15F3N4O2S/c1-10(15(21)25)6-11(8-22-26-2)14-9-27-16(24-14)23-13-5-3-4-12(7-13)17(18,19)20/h3-9H,1H2,2H3,(H2,21,25)(H,23,24)/p+1/b11-6+,22-8+. The van der Waals surface area contributed by atoms with Crippen LogP contribution in [-0.2, 0) is 15.8 Å². The van der Waals surface area contributed by atoms with Crippen LogP contribution in [0.15, 0.2) is 53.0 Å². The summed E-state index contributed by atoms with van der Waals surface area (Å²) in [6.07, 6.45) is -1.66. The van der Waals surface area contributed by atoms with Gasteiger partial charge in [-0.05, 0) is 24.3 Å². The lowest BCUT2D eigenvalue weighted by Gasteiger charge is -2.06. The summed E-state index contributed by atoms with van der Waals surface area (Å²) in [4.78, 5) is 18.8. The van der Waals surface area contributed by atoms with Crippen LogP contribution in [0.25, 0.3) is 5.57 Å². The van der Waals surface area contributed by atoms with Gasteiger partial charge in [0.05, 0.1) is 11.8 Å². The molecular weight excluding hydrogens is 381 g/mol. The Morgan fingerprint density at radius 2 is 2.19 bits per heavy atom. The number of nitrogens with zero attached hydrogens (tertiary/aromatic N) is 1. The first-order valence-corrected chi connectivity index (χ1v) is 8.31. The first-order valence-electron chi connectivity index (χ1n) is 7.43. The lowest BCUT2D eigenvalue weighted by molar-refractivity contribution is -0.357. The number of nitrogens with two attached hydrogens (primary N) is 1. The minimum atomic E-state index is -4.43. The summed E-state index contributed by atoms with van der Waals surface area (Å²) in [5, 5.41) is 8.68. The summed E-state index contributed by atoms with van der Waals surface area (Å²) >= 11 is 1.22. The molecule has 0 aliphatic carbocycles. The maximum absolute atomic E-state index is 12.8. The van der Waals surface area contributed by atoms with Crippen LogP contribution in [0.3, 0.4) is 0 Å². The number of anilines is 2. The number of halogens is 3. The van der Waals surface area contributed by atoms with Gasteiger partial charge in [0.25, 0.3) is 0 Å². The molecule has 0 saturated heterocycles. The minimum absolute atomic E-state index is 0.0551. The highest BCUT2D eigenvalue weighted by Crippen LogP contribution is 2.31. The van der Waals surface area contributed by atoms with Gasteiger partial charge in [-0.2, -0.15) is 13.2 Å². The van der Waals surface area contributed by atoms with Crippen molar-refractivity contribution in [2.24, 2.45) is 10.9 Å². The first kappa shape index (κ1) is 20.2. The Morgan fingerprint density at radius 1 is 1.44 bits per heavy atom. The Morgan fingerprint density at radius 3 is 2.81 bits per heavy atom. The third kappa shape index (κ3) is 5.68. The molecule has 0 radical (unpaired) electrons. The number of carbonyl (C=O) groups excluding carboxylic acids is 1. The fourth-order valence-electron chi connectivity index (χ4n) is 1.96. The SMILES string of the molecule is C=C(/C=C(\C=N\OC)c1csc(Nc2cccc(C(F)(F)F)c2)[nH+]1)C(N)=O. The number of thiazole rings is 1. The molecule has 0 saturated carbocycles. The lowest BCUT2D eigenvalue weighted by atomic mass is 10.1. The number of nitrogens with one attached hydrogen (secondary N) is 2. The average Bonchev–Trinajstić information content (AvgIpc) is 3.06. The molecule has 0 aliphatic rings. The fourth-order valence-corrected chi connectivity index (χ4v) is 2.73. The molecule has 27 heavy (non-hydrogen) atoms. The van der Waals surface area contributed by atoms with Crippen LogP contribution in [0.4, 0.5) is 24.0 Å². The molecule has 1 aromatic heterocycles. The van der Waals surface area contributed by atoms with E-state index in [0.717, 1.165) is 12.1 Å². The molecule has 4 N–H and O–H groups in total. The molecule has 1 aromatic carbocycles. The molecule has 142 valence electrons. The predicted molar refractivity (Wildman–Crippen MR) is 97.4 cm³/mol. The minimum Gasteiger partial charge on any atom is -0.399 e. The van der Waals surface area contributed by atoms with E-state index in [-0.39, 0.29) is 11.3 Å². The molecule has 6 nitrogen and oxygen atoms in total. The maximum Gasteiger partial charge on any atom is 0.416 e. The zero-order valence-corrected chi connectivity index (χ0v) is 14.9. The zero-order valence-electron chi connectivity index (χ0n) is 14.1. The van der Waals surface area contributed by atoms with Crippen LogP contribution >= 0.6 is 11.3 Å². The number of hydrogen-bond acceptors (Lipinski definition) is 5. The number of primary amides is 1. The third-order valence-corrected chi connectivity index (χ3v) is 4.04. The van der Waals surface area contributed by atoms with Crippen molar-refractivity contribution in [1.29, 1.82) is 0 Å². The van der Waals surface area contributed by atoms with Crippen molar-refractivity contribution < 1.29 is 27.8 Å². The molecule has 2 aromatic rings. The quantitative estimate of drug-likeness (QED) is 0.325. The molecule has 2 rings (SSSR count). The summed E-state index contributed by atoms with van der Waals surface area (Å²) < 4.78 is 38.4. The highest BCUT2D eigenvalue weighted by atomic mass is 32.1. The van der Waals surface area contributed by atoms with Crippen molar-refractivity contribution in [3.8, 4) is 0 Å². The topological polar surface area (TPSA) is 90.8 Å². The second-order valence-electron chi connectivity index (χ2n) is 5.21. The molecule has 0 unspecified atom stereocenters. The number of oxime groups is 1. The monoisotopic (exact) mass is 397 g/mol. The van der Waals surface area contributed by atoms with E-state index < -0.39 is 17.6 Å². The Kier molecular flexibility index (Phi) is 6.35. The largest absolute Gasteiger partial charge is 0.416 e. The lowest BCUT2D eigenvalue weighted by Crippen LogP contribution is -2.14. The number of alkyl halides is 3. The van der Waals surface area contributed by atoms with Gasteiger partial charge < -0.3 is 10.6 Å². The van der Waals surface area contributed by atoms with E-state index in [1.165, 1.54) is 42.9 Å². The molecular formula is C17H16F3N4O2S+. The fraction of sp³-hybridized carbons (Fsp3) is 0.118. The second kappa shape index (κ2) is 8.49. The number of hydrogen-bond donors (Lipinski definition) is 2. The smallest absolute Gasteiger partial charge is 0.399 e. The Bertz CT molecular complexity index is 904. The summed E-state index contributed by atoms with van der Waals surface area (Å²) in [6.45, 7) is 3.55. The van der Waals surface area contributed by atoms with E-state index >= 15 is 0 Å². The molecule has 1 heterocycles. The van der Waals surface area contributed by atoms with Gasteiger partial charge in [0.15, 0.2) is 0 Å². The van der Waals surface area contributed by atoms with Gasteiger partial charge in [-0.25, -0.2) is 10.3 Å². The van der Waals surface area contributed by atoms with E-state index in [1.54, 1.807) is 5.38 Å². The van der Waals surface area contributed by atoms with Crippen LogP contribution in [0, 0.1) is 0 Å². The molecule has 1 amide bonds. The number of allylic oxidation sites excluding steroid dienone is 1. The van der Waals surface area contributed by atoms with Crippen molar-refractivity contribution >= 4 is 39.9 Å². The normalized spacial score (nSPS) is 12.2. The van der Waals surface area contributed by atoms with Gasteiger partial charge >= 0.3 is 11.3 Å². The number of rotatable bonds is 7. The van der Waals surface area contributed by atoms with E-state index in [9.17, 15) is 18.0 Å². The number of amides is 1. The number of H-pyrrole nitrogens is 1. The van der Waals surface area contributed by atoms with E-state index in [1.807, 2.05) is 0 Å². The Labute approximate surface area is 156 Å². The molecule has 0 spiro atoms. The Hall–Kier alpha value is -3.14. The van der Waals surface area contributed by atoms with Crippen LogP contribution in [0.1, 0.15) is 11.3 Å². The second-order valence-corrected chi connectivity index (χ2v) is 6.09. The first-order chi connectivity index (χ1) is 12.7. The van der Waals surface area contributed by atoms with Gasteiger partial charge in [-0.15, -0.1) is 0 Å². The summed E-state index contributed by atoms with van der Waals surface area (Å²) in [7, 11) is 1.36. The number of aromatic amines is 1. The van der Waals surface area contributed by atoms with E-state index in [0.29, 0.717) is 16.4 Å². The van der Waals surface area contributed by atoms with Crippen molar-refractivity contribution in [2.45, 2.75) is 6.18 Å². The number of benzene rings is 1. The van der Waals surface area contributed by atoms with Gasteiger partial charge in [-0.1, -0.05) is 29.1 Å². The van der Waals surface area contributed by atoms with Crippen LogP contribution in [0.5, 0.6) is 0 Å². The molecule has 0 aliphatic heterocycles. The molecule has 0 bridgehead atoms. The van der Waals surface area contributed by atoms with Crippen LogP contribution in [0.2, 0.25) is 0 Å². The molecule has 0 fully saturated rings. The molecule has 0 atom stereocenters. The number of aromatic nitrogens is 1. The highest BCUT2D eigenvalue weighted by molar-refractivity contribution is 7.13. The third-order valence-electron chi connectivity index (χ3n) is 3.25. The van der Waals surface area contributed by atoms with Gasteiger partial charge in [0.1, 0.15) is 18.5 Å². The average molecular weight is 397 g/mol. The van der Waals surface area contributed by atoms with Crippen molar-refractivity contribution in [3.05, 3.63) is 59.1 Å². The van der Waals surface area contributed by atoms with Crippen LogP contribution in [-0.4, -0.2) is 19.2 Å². The van der Waals surface area contributed by atoms with E-state index in [2.05, 4.69) is 26.9 Å². The summed E-state index contributed by atoms with van der Waals surface area (Å²) in [5.74, 6) is -0.698. The Balaban J connectivity index is 2.27. The van der Waals surface area contributed by atoms with Gasteiger partial charge in [-0.3, -0.25) is 4.79 Å². The number of carbonyl (C=O) groups is 1. The van der Waals surface area contributed by atoms with Crippen molar-refractivity contribution in [2.75, 3.05) is 12.4 Å². The summed E-state index contributed by atoms with van der Waals surface area (Å²) in [5.41, 5.74) is 5.74. The summed E-state index contributed by atoms with van der Waals surface area (Å²) in [6, 6.07) is 4.82. The zero-order chi connectivity index (χ0) is 20.0. The van der Waals surface area contributed by atoms with Crippen LogP contribution < -0.4 is 16.0 Å². The van der Waals surface area contributed by atoms with Crippen molar-refractivity contribution in [1.82, 2.24) is 0 Å². The molecule has 10 heteroatoms. The highest BCUT2D eigenvalue weighted by Gasteiger charge is 2.31. The van der Waals surface area contributed by atoms with Crippen molar-refractivity contribution in [3.63, 3.8) is 0 Å². The van der Waals surface area contributed by atoms with Gasteiger partial charge in [0, 0.05) is 16.5 Å². The van der Waals surface area contributed by atoms with Gasteiger partial charge in [0.2, 0.25) is 5.91 Å². The predicted octanol–water partition coefficient (Wildman–Crippen LogP) is 3.38. The van der Waals surface area contributed by atoms with E-state index in [4.69, 9.17) is 5.73 Å².